The number of hydrogen-bond donors (Lipinski definition) is 0. The predicted octanol–water partition coefficient (Wildman–Crippen LogP) is 15.6. The lowest BCUT2D eigenvalue weighted by Crippen LogP contribution is -2.09. The van der Waals surface area contributed by atoms with Gasteiger partial charge in [0, 0.05) is 53.6 Å². The number of thiophene rings is 1. The lowest BCUT2D eigenvalue weighted by atomic mass is 9.97. The molecule has 0 aliphatic rings. The highest BCUT2D eigenvalue weighted by atomic mass is 32.1. The Balaban J connectivity index is 0.992. The summed E-state index contributed by atoms with van der Waals surface area (Å²) in [6.45, 7) is 0. The molecule has 0 saturated heterocycles. The average Bonchev–Trinajstić information content (AvgIpc) is 3.83. The van der Waals surface area contributed by atoms with Gasteiger partial charge in [0.2, 0.25) is 0 Å². The zero-order valence-corrected chi connectivity index (χ0v) is 30.6. The van der Waals surface area contributed by atoms with Crippen LogP contribution in [-0.2, 0) is 0 Å². The summed E-state index contributed by atoms with van der Waals surface area (Å²) in [6, 6.07) is 72.3. The number of benzene rings is 9. The first-order chi connectivity index (χ1) is 27.2. The van der Waals surface area contributed by atoms with Crippen LogP contribution in [0, 0.1) is 0 Å². The van der Waals surface area contributed by atoms with Crippen LogP contribution in [0.5, 0.6) is 0 Å². The van der Waals surface area contributed by atoms with Crippen molar-refractivity contribution in [1.29, 1.82) is 0 Å². The van der Waals surface area contributed by atoms with Crippen LogP contribution in [0.3, 0.4) is 0 Å². The van der Waals surface area contributed by atoms with Crippen molar-refractivity contribution in [1.82, 2.24) is 0 Å². The van der Waals surface area contributed by atoms with E-state index >= 15 is 0 Å². The van der Waals surface area contributed by atoms with Gasteiger partial charge in [-0.05, 0) is 105 Å². The van der Waals surface area contributed by atoms with E-state index in [1.54, 1.807) is 0 Å². The van der Waals surface area contributed by atoms with Gasteiger partial charge in [0.1, 0.15) is 11.2 Å². The lowest BCUT2D eigenvalue weighted by molar-refractivity contribution is 0.670. The largest absolute Gasteiger partial charge is 0.455 e. The molecule has 9 aromatic carbocycles. The monoisotopic (exact) mass is 719 g/mol. The first-order valence-corrected chi connectivity index (χ1v) is 19.5. The smallest absolute Gasteiger partial charge is 0.143 e. The van der Waals surface area contributed by atoms with Crippen molar-refractivity contribution in [2.75, 3.05) is 4.90 Å². The summed E-state index contributed by atoms with van der Waals surface area (Å²) in [5.74, 6) is 0. The molecule has 0 aliphatic heterocycles. The van der Waals surface area contributed by atoms with E-state index in [4.69, 9.17) is 4.42 Å². The number of furan rings is 1. The Morgan fingerprint density at radius 1 is 0.345 bits per heavy atom. The third-order valence-corrected chi connectivity index (χ3v) is 12.0. The maximum atomic E-state index is 6.41. The van der Waals surface area contributed by atoms with E-state index in [1.165, 1.54) is 53.2 Å². The van der Waals surface area contributed by atoms with Gasteiger partial charge in [-0.3, -0.25) is 0 Å². The Hall–Kier alpha value is -6.94. The molecule has 0 amide bonds. The van der Waals surface area contributed by atoms with Crippen LogP contribution in [0.25, 0.3) is 86.3 Å². The molecule has 0 saturated carbocycles. The summed E-state index contributed by atoms with van der Waals surface area (Å²) in [5.41, 5.74) is 12.2. The van der Waals surface area contributed by atoms with E-state index in [0.717, 1.165) is 50.1 Å². The molecule has 258 valence electrons. The van der Waals surface area contributed by atoms with Crippen LogP contribution in [0.15, 0.2) is 205 Å². The molecule has 0 bridgehead atoms. The predicted molar refractivity (Wildman–Crippen MR) is 235 cm³/mol. The number of hydrogen-bond acceptors (Lipinski definition) is 3. The zero-order chi connectivity index (χ0) is 36.3. The van der Waals surface area contributed by atoms with Gasteiger partial charge in [0.05, 0.1) is 0 Å². The van der Waals surface area contributed by atoms with E-state index in [9.17, 15) is 0 Å². The van der Waals surface area contributed by atoms with E-state index in [-0.39, 0.29) is 0 Å². The molecule has 2 aromatic heterocycles. The van der Waals surface area contributed by atoms with Gasteiger partial charge in [-0.25, -0.2) is 0 Å². The molecule has 0 radical (unpaired) electrons. The molecule has 55 heavy (non-hydrogen) atoms. The fourth-order valence-corrected chi connectivity index (χ4v) is 9.20. The highest BCUT2D eigenvalue weighted by molar-refractivity contribution is 7.25. The molecule has 0 spiro atoms. The van der Waals surface area contributed by atoms with E-state index < -0.39 is 0 Å². The summed E-state index contributed by atoms with van der Waals surface area (Å²) in [5, 5.41) is 7.36. The highest BCUT2D eigenvalue weighted by Crippen LogP contribution is 2.42. The molecule has 2 heterocycles. The topological polar surface area (TPSA) is 16.4 Å². The van der Waals surface area contributed by atoms with E-state index in [0.29, 0.717) is 0 Å². The fourth-order valence-electron chi connectivity index (χ4n) is 8.12. The van der Waals surface area contributed by atoms with Crippen molar-refractivity contribution >= 4 is 81.3 Å². The lowest BCUT2D eigenvalue weighted by Gasteiger charge is -2.26. The van der Waals surface area contributed by atoms with Gasteiger partial charge in [0.15, 0.2) is 0 Å². The van der Waals surface area contributed by atoms with Gasteiger partial charge in [-0.1, -0.05) is 133 Å². The summed E-state index contributed by atoms with van der Waals surface area (Å²) in [4.78, 5) is 2.37. The Kier molecular flexibility index (Phi) is 7.39. The number of fused-ring (bicyclic) bond motifs is 7. The molecule has 0 atom stereocenters. The van der Waals surface area contributed by atoms with Gasteiger partial charge >= 0.3 is 0 Å². The molecule has 2 nitrogen and oxygen atoms in total. The van der Waals surface area contributed by atoms with E-state index in [1.807, 2.05) is 23.5 Å². The molecule has 11 rings (SSSR count). The number of rotatable bonds is 6. The maximum absolute atomic E-state index is 6.41. The van der Waals surface area contributed by atoms with Gasteiger partial charge in [-0.15, -0.1) is 11.3 Å². The van der Waals surface area contributed by atoms with Gasteiger partial charge in [0.25, 0.3) is 0 Å². The zero-order valence-electron chi connectivity index (χ0n) is 29.8. The SMILES string of the molecule is c1cc(-c2ccc(N(c3ccc(-c4cccc5c4oc4ccccc45)cc3)c3ccc4sc5ccccc5c4c3)cc2)cc(-c2ccc3ccccc3c2)c1. The standard InChI is InChI=1S/C52H33NOS/c1-2-10-37-32-40(20-19-34(37)9-1)39-12-7-11-38(31-39)35-21-25-41(26-22-35)53(43-29-30-51-48(33-43)46-14-4-6-18-50(46)55-51)42-27-23-36(24-28-42)44-15-8-16-47-45-13-3-5-17-49(45)54-52(44)47/h1-33H. The summed E-state index contributed by atoms with van der Waals surface area (Å²) in [6.07, 6.45) is 0. The second-order valence-electron chi connectivity index (χ2n) is 14.1. The van der Waals surface area contributed by atoms with Crippen molar-refractivity contribution in [3.8, 4) is 33.4 Å². The summed E-state index contributed by atoms with van der Waals surface area (Å²) < 4.78 is 9.01. The minimum absolute atomic E-state index is 0.910. The normalized spacial score (nSPS) is 11.6. The molecule has 0 unspecified atom stereocenters. The minimum Gasteiger partial charge on any atom is -0.455 e. The van der Waals surface area contributed by atoms with E-state index in [2.05, 4.69) is 193 Å². The first kappa shape index (κ1) is 31.6. The Morgan fingerprint density at radius 2 is 0.945 bits per heavy atom. The van der Waals surface area contributed by atoms with Crippen LogP contribution in [0.2, 0.25) is 0 Å². The summed E-state index contributed by atoms with van der Waals surface area (Å²) in [7, 11) is 0. The summed E-state index contributed by atoms with van der Waals surface area (Å²) >= 11 is 1.85. The van der Waals surface area contributed by atoms with Crippen LogP contribution in [0.4, 0.5) is 17.1 Å². The third kappa shape index (κ3) is 5.48. The first-order valence-electron chi connectivity index (χ1n) is 18.7. The molecule has 0 aliphatic carbocycles. The Bertz CT molecular complexity index is 3210. The molecular weight excluding hydrogens is 687 g/mol. The minimum atomic E-state index is 0.910. The molecule has 11 aromatic rings. The average molecular weight is 720 g/mol. The third-order valence-electron chi connectivity index (χ3n) is 10.9. The molecular formula is C52H33NOS. The van der Waals surface area contributed by atoms with Crippen LogP contribution in [0.1, 0.15) is 0 Å². The van der Waals surface area contributed by atoms with Gasteiger partial charge in [-0.2, -0.15) is 0 Å². The number of nitrogens with zero attached hydrogens (tertiary/aromatic N) is 1. The number of anilines is 3. The van der Waals surface area contributed by atoms with Crippen molar-refractivity contribution in [3.63, 3.8) is 0 Å². The second-order valence-corrected chi connectivity index (χ2v) is 15.2. The van der Waals surface area contributed by atoms with Crippen molar-refractivity contribution in [3.05, 3.63) is 200 Å². The van der Waals surface area contributed by atoms with Crippen molar-refractivity contribution < 1.29 is 4.42 Å². The Morgan fingerprint density at radius 3 is 1.78 bits per heavy atom. The van der Waals surface area contributed by atoms with Crippen LogP contribution >= 0.6 is 11.3 Å². The fraction of sp³-hybridized carbons (Fsp3) is 0. The Labute approximate surface area is 322 Å². The van der Waals surface area contributed by atoms with Crippen LogP contribution < -0.4 is 4.90 Å². The second kappa shape index (κ2) is 12.9. The maximum Gasteiger partial charge on any atom is 0.143 e. The molecule has 0 N–H and O–H groups in total. The van der Waals surface area contributed by atoms with Crippen molar-refractivity contribution in [2.45, 2.75) is 0 Å². The highest BCUT2D eigenvalue weighted by Gasteiger charge is 2.17. The number of para-hydroxylation sites is 2. The van der Waals surface area contributed by atoms with Crippen LogP contribution in [-0.4, -0.2) is 0 Å². The van der Waals surface area contributed by atoms with Gasteiger partial charge < -0.3 is 9.32 Å². The van der Waals surface area contributed by atoms with Crippen molar-refractivity contribution in [2.24, 2.45) is 0 Å². The molecule has 3 heteroatoms. The molecule has 0 fully saturated rings. The quantitative estimate of drug-likeness (QED) is 0.170.